The summed E-state index contributed by atoms with van der Waals surface area (Å²) in [5, 5.41) is 31.6. The third-order valence-corrected chi connectivity index (χ3v) is 10.2. The SMILES string of the molecule is CC(C)(Sc1cc(C(C)(C)C)c(O)c(C(C)(C)C)c1)Sc1ccc(C(C)(C)C)c(OC[C@H]2OC(=O)[C@H](O)[C@@H]2O)c1C(C)(C)C. The summed E-state index contributed by atoms with van der Waals surface area (Å²) in [6, 6.07) is 8.53. The van der Waals surface area contributed by atoms with E-state index in [0.29, 0.717) is 5.75 Å². The molecule has 1 aliphatic heterocycles. The van der Waals surface area contributed by atoms with E-state index in [-0.39, 0.29) is 32.3 Å². The van der Waals surface area contributed by atoms with Crippen LogP contribution in [0.4, 0.5) is 0 Å². The molecular weight excluding hydrogens is 593 g/mol. The second-order valence-electron chi connectivity index (χ2n) is 16.5. The van der Waals surface area contributed by atoms with Gasteiger partial charge in [0.2, 0.25) is 0 Å². The molecule has 0 aliphatic carbocycles. The zero-order valence-electron chi connectivity index (χ0n) is 29.1. The Morgan fingerprint density at radius 3 is 1.66 bits per heavy atom. The number of phenols is 1. The van der Waals surface area contributed by atoms with Gasteiger partial charge in [0.05, 0.1) is 4.08 Å². The minimum atomic E-state index is -1.56. The van der Waals surface area contributed by atoms with Gasteiger partial charge in [-0.2, -0.15) is 0 Å². The van der Waals surface area contributed by atoms with Crippen molar-refractivity contribution in [1.82, 2.24) is 0 Å². The lowest BCUT2D eigenvalue weighted by Crippen LogP contribution is -2.35. The summed E-state index contributed by atoms with van der Waals surface area (Å²) in [6.45, 7) is 30.0. The normalized spacial score (nSPS) is 20.2. The van der Waals surface area contributed by atoms with Crippen LogP contribution in [-0.2, 0) is 31.2 Å². The molecule has 2 aromatic carbocycles. The standard InChI is InChI=1S/C36H54O6S2/c1-32(2,3)21-15-16-25(26(35(10,11)12)30(21)41-19-24-28(38)29(39)31(40)42-24)44-36(13,14)43-20-17-22(33(4,5)6)27(37)23(18-20)34(7,8)9/h15-18,24,28-29,37-39H,19H2,1-14H3/t24-,28-,29-/m1/s1. The average Bonchev–Trinajstić information content (AvgIpc) is 3.06. The van der Waals surface area contributed by atoms with Gasteiger partial charge in [0, 0.05) is 26.5 Å². The van der Waals surface area contributed by atoms with E-state index in [9.17, 15) is 20.1 Å². The number of aromatic hydroxyl groups is 1. The quantitative estimate of drug-likeness (QED) is 0.157. The Morgan fingerprint density at radius 1 is 0.750 bits per heavy atom. The number of phenolic OH excluding ortho intramolecular Hbond substituents is 1. The zero-order valence-corrected chi connectivity index (χ0v) is 30.8. The molecule has 3 atom stereocenters. The first-order valence-electron chi connectivity index (χ1n) is 15.4. The molecule has 6 nitrogen and oxygen atoms in total. The Labute approximate surface area is 273 Å². The monoisotopic (exact) mass is 646 g/mol. The highest BCUT2D eigenvalue weighted by molar-refractivity contribution is 8.18. The largest absolute Gasteiger partial charge is 0.507 e. The van der Waals surface area contributed by atoms with Crippen molar-refractivity contribution < 1.29 is 29.6 Å². The number of aliphatic hydroxyl groups excluding tert-OH is 2. The third kappa shape index (κ3) is 8.28. The van der Waals surface area contributed by atoms with E-state index >= 15 is 0 Å². The number of cyclic esters (lactones) is 1. The Bertz CT molecular complexity index is 1330. The molecule has 3 rings (SSSR count). The number of benzene rings is 2. The van der Waals surface area contributed by atoms with Gasteiger partial charge < -0.3 is 24.8 Å². The van der Waals surface area contributed by atoms with Crippen LogP contribution < -0.4 is 4.74 Å². The molecule has 1 aliphatic rings. The fourth-order valence-electron chi connectivity index (χ4n) is 5.41. The van der Waals surface area contributed by atoms with Crippen LogP contribution >= 0.6 is 23.5 Å². The molecule has 0 aromatic heterocycles. The van der Waals surface area contributed by atoms with E-state index in [2.05, 4.69) is 121 Å². The maximum absolute atomic E-state index is 11.9. The highest BCUT2D eigenvalue weighted by atomic mass is 32.2. The van der Waals surface area contributed by atoms with Crippen LogP contribution in [0.3, 0.4) is 0 Å². The van der Waals surface area contributed by atoms with Gasteiger partial charge in [-0.3, -0.25) is 0 Å². The molecule has 2 aromatic rings. The first-order valence-corrected chi connectivity index (χ1v) is 17.0. The summed E-state index contributed by atoms with van der Waals surface area (Å²) in [5.74, 6) is 0.259. The van der Waals surface area contributed by atoms with Crippen molar-refractivity contribution in [3.8, 4) is 11.5 Å². The van der Waals surface area contributed by atoms with E-state index < -0.39 is 24.3 Å². The topological polar surface area (TPSA) is 96.2 Å². The van der Waals surface area contributed by atoms with Crippen molar-refractivity contribution in [1.29, 1.82) is 0 Å². The number of carbonyl (C=O) groups excluding carboxylic acids is 1. The van der Waals surface area contributed by atoms with Crippen LogP contribution in [0.15, 0.2) is 34.1 Å². The Hall–Kier alpha value is -1.87. The van der Waals surface area contributed by atoms with E-state index in [1.54, 1.807) is 23.5 Å². The number of carbonyl (C=O) groups is 1. The molecule has 44 heavy (non-hydrogen) atoms. The Morgan fingerprint density at radius 2 is 1.25 bits per heavy atom. The maximum atomic E-state index is 11.9. The van der Waals surface area contributed by atoms with Gasteiger partial charge in [-0.05, 0) is 59.3 Å². The summed E-state index contributed by atoms with van der Waals surface area (Å²) in [6.07, 6.45) is -3.86. The lowest BCUT2D eigenvalue weighted by Gasteiger charge is -2.34. The summed E-state index contributed by atoms with van der Waals surface area (Å²) in [7, 11) is 0. The molecule has 0 amide bonds. The lowest BCUT2D eigenvalue weighted by atomic mass is 9.79. The van der Waals surface area contributed by atoms with Gasteiger partial charge in [-0.25, -0.2) is 4.79 Å². The summed E-state index contributed by atoms with van der Waals surface area (Å²) in [4.78, 5) is 14.1. The average molecular weight is 647 g/mol. The number of thioether (sulfide) groups is 2. The molecule has 3 N–H and O–H groups in total. The Kier molecular flexibility index (Phi) is 10.3. The molecular formula is C36H54O6S2. The second-order valence-corrected chi connectivity index (χ2v) is 20.1. The zero-order chi connectivity index (χ0) is 33.8. The molecule has 246 valence electrons. The molecule has 1 saturated heterocycles. The number of ether oxygens (including phenoxy) is 2. The van der Waals surface area contributed by atoms with Crippen molar-refractivity contribution in [3.63, 3.8) is 0 Å². The predicted molar refractivity (Wildman–Crippen MR) is 183 cm³/mol. The lowest BCUT2D eigenvalue weighted by molar-refractivity contribution is -0.148. The molecule has 0 spiro atoms. The summed E-state index contributed by atoms with van der Waals surface area (Å²) in [5.41, 5.74) is 2.95. The Balaban J connectivity index is 2.08. The first-order chi connectivity index (χ1) is 19.7. The van der Waals surface area contributed by atoms with Crippen LogP contribution in [-0.4, -0.2) is 50.3 Å². The van der Waals surface area contributed by atoms with Crippen molar-refractivity contribution in [2.45, 2.75) is 151 Å². The van der Waals surface area contributed by atoms with E-state index in [4.69, 9.17) is 9.47 Å². The van der Waals surface area contributed by atoms with Gasteiger partial charge in [0.1, 0.15) is 24.2 Å². The summed E-state index contributed by atoms with van der Waals surface area (Å²) >= 11 is 3.54. The molecule has 0 radical (unpaired) electrons. The van der Waals surface area contributed by atoms with Gasteiger partial charge in [-0.1, -0.05) is 89.2 Å². The number of aliphatic hydroxyl groups is 2. The van der Waals surface area contributed by atoms with Crippen LogP contribution in [0, 0.1) is 0 Å². The maximum Gasteiger partial charge on any atom is 0.338 e. The second kappa shape index (κ2) is 12.4. The van der Waals surface area contributed by atoms with E-state index in [0.717, 1.165) is 37.8 Å². The predicted octanol–water partition coefficient (Wildman–Crippen LogP) is 8.23. The molecule has 0 saturated carbocycles. The minimum Gasteiger partial charge on any atom is -0.507 e. The molecule has 1 heterocycles. The van der Waals surface area contributed by atoms with Crippen LogP contribution in [0.25, 0.3) is 0 Å². The number of rotatable bonds is 7. The number of hydrogen-bond acceptors (Lipinski definition) is 8. The molecule has 0 unspecified atom stereocenters. The third-order valence-electron chi connectivity index (χ3n) is 7.70. The smallest absolute Gasteiger partial charge is 0.338 e. The fourth-order valence-corrected chi connectivity index (χ4v) is 8.22. The van der Waals surface area contributed by atoms with E-state index in [1.165, 1.54) is 0 Å². The molecule has 8 heteroatoms. The van der Waals surface area contributed by atoms with Gasteiger partial charge in [0.15, 0.2) is 12.2 Å². The van der Waals surface area contributed by atoms with Gasteiger partial charge >= 0.3 is 5.97 Å². The highest BCUT2D eigenvalue weighted by Gasteiger charge is 2.43. The highest BCUT2D eigenvalue weighted by Crippen LogP contribution is 2.53. The fraction of sp³-hybridized carbons (Fsp3) is 0.639. The van der Waals surface area contributed by atoms with E-state index in [1.807, 2.05) is 0 Å². The molecule has 1 fully saturated rings. The van der Waals surface area contributed by atoms with Crippen molar-refractivity contribution in [3.05, 3.63) is 46.5 Å². The van der Waals surface area contributed by atoms with Crippen molar-refractivity contribution >= 4 is 29.5 Å². The summed E-state index contributed by atoms with van der Waals surface area (Å²) < 4.78 is 11.4. The van der Waals surface area contributed by atoms with Crippen molar-refractivity contribution in [2.24, 2.45) is 0 Å². The van der Waals surface area contributed by atoms with Crippen molar-refractivity contribution in [2.75, 3.05) is 6.61 Å². The van der Waals surface area contributed by atoms with Crippen LogP contribution in [0.1, 0.15) is 119 Å². The van der Waals surface area contributed by atoms with Crippen LogP contribution in [0.2, 0.25) is 0 Å². The van der Waals surface area contributed by atoms with Crippen LogP contribution in [0.5, 0.6) is 11.5 Å². The minimum absolute atomic E-state index is 0.0684. The number of esters is 1. The molecule has 0 bridgehead atoms. The first kappa shape index (κ1) is 36.6. The van der Waals surface area contributed by atoms with Gasteiger partial charge in [-0.15, -0.1) is 23.5 Å². The van der Waals surface area contributed by atoms with Gasteiger partial charge in [0.25, 0.3) is 0 Å². The number of hydrogen-bond donors (Lipinski definition) is 3.